The molecule has 0 aliphatic heterocycles. The number of carbonyl (C=O) groups is 1. The molecule has 0 aliphatic carbocycles. The number of benzene rings is 1. The number of nitrogens with two attached hydrogens (primary N) is 1. The molecule has 2 rings (SSSR count). The van der Waals surface area contributed by atoms with Gasteiger partial charge in [-0.05, 0) is 24.5 Å². The molecule has 0 spiro atoms. The third-order valence-electron chi connectivity index (χ3n) is 2.41. The molecule has 18 heavy (non-hydrogen) atoms. The van der Waals surface area contributed by atoms with Gasteiger partial charge >= 0.3 is 5.97 Å². The standard InChI is InChI=1S/C12H11FN2O2S/c1-7-10(11(14)18-15-7)12(16)17-6-8-4-2-3-5-9(8)13/h2-5H,6,14H2,1H3. The van der Waals surface area contributed by atoms with Gasteiger partial charge in [0.1, 0.15) is 23.0 Å². The van der Waals surface area contributed by atoms with Gasteiger partial charge in [0.2, 0.25) is 0 Å². The van der Waals surface area contributed by atoms with Crippen molar-refractivity contribution in [3.05, 3.63) is 46.9 Å². The fourth-order valence-electron chi connectivity index (χ4n) is 1.47. The Hall–Kier alpha value is -1.95. The highest BCUT2D eigenvalue weighted by Gasteiger charge is 2.18. The van der Waals surface area contributed by atoms with Crippen LogP contribution in [0.2, 0.25) is 0 Å². The first-order valence-corrected chi connectivity index (χ1v) is 5.99. The lowest BCUT2D eigenvalue weighted by Crippen LogP contribution is -2.08. The van der Waals surface area contributed by atoms with E-state index in [1.54, 1.807) is 25.1 Å². The maximum atomic E-state index is 13.3. The van der Waals surface area contributed by atoms with E-state index in [0.29, 0.717) is 16.3 Å². The zero-order valence-corrected chi connectivity index (χ0v) is 10.5. The van der Waals surface area contributed by atoms with Crippen LogP contribution < -0.4 is 5.73 Å². The minimum Gasteiger partial charge on any atom is -0.457 e. The summed E-state index contributed by atoms with van der Waals surface area (Å²) in [6.45, 7) is 1.55. The number of anilines is 1. The molecule has 0 saturated heterocycles. The molecular formula is C12H11FN2O2S. The van der Waals surface area contributed by atoms with E-state index < -0.39 is 11.8 Å². The molecule has 0 radical (unpaired) electrons. The quantitative estimate of drug-likeness (QED) is 0.867. The van der Waals surface area contributed by atoms with E-state index in [1.807, 2.05) is 0 Å². The highest BCUT2D eigenvalue weighted by molar-refractivity contribution is 7.10. The summed E-state index contributed by atoms with van der Waals surface area (Å²) in [5.41, 5.74) is 6.73. The van der Waals surface area contributed by atoms with Gasteiger partial charge in [-0.25, -0.2) is 9.18 Å². The van der Waals surface area contributed by atoms with Crippen molar-refractivity contribution < 1.29 is 13.9 Å². The van der Waals surface area contributed by atoms with Crippen LogP contribution in [0.25, 0.3) is 0 Å². The minimum atomic E-state index is -0.581. The summed E-state index contributed by atoms with van der Waals surface area (Å²) in [5.74, 6) is -0.986. The first-order valence-electron chi connectivity index (χ1n) is 5.22. The molecule has 1 heterocycles. The summed E-state index contributed by atoms with van der Waals surface area (Å²) < 4.78 is 22.3. The van der Waals surface area contributed by atoms with Crippen molar-refractivity contribution in [2.75, 3.05) is 5.73 Å². The molecule has 0 atom stereocenters. The highest BCUT2D eigenvalue weighted by Crippen LogP contribution is 2.22. The Kier molecular flexibility index (Phi) is 3.57. The molecule has 4 nitrogen and oxygen atoms in total. The van der Waals surface area contributed by atoms with Gasteiger partial charge in [0.05, 0.1) is 5.69 Å². The fourth-order valence-corrected chi connectivity index (χ4v) is 2.12. The van der Waals surface area contributed by atoms with E-state index in [9.17, 15) is 9.18 Å². The molecule has 94 valence electrons. The summed E-state index contributed by atoms with van der Waals surface area (Å²) in [4.78, 5) is 11.8. The van der Waals surface area contributed by atoms with Gasteiger partial charge in [-0.2, -0.15) is 4.37 Å². The number of hydrogen-bond donors (Lipinski definition) is 1. The van der Waals surface area contributed by atoms with Crippen LogP contribution in [-0.4, -0.2) is 10.3 Å². The lowest BCUT2D eigenvalue weighted by Gasteiger charge is -2.05. The van der Waals surface area contributed by atoms with E-state index in [-0.39, 0.29) is 12.2 Å². The molecule has 0 unspecified atom stereocenters. The lowest BCUT2D eigenvalue weighted by molar-refractivity contribution is 0.0469. The fraction of sp³-hybridized carbons (Fsp3) is 0.167. The monoisotopic (exact) mass is 266 g/mol. The van der Waals surface area contributed by atoms with Crippen LogP contribution in [0.1, 0.15) is 21.6 Å². The van der Waals surface area contributed by atoms with Crippen molar-refractivity contribution in [3.8, 4) is 0 Å². The summed E-state index contributed by atoms with van der Waals surface area (Å²) in [6, 6.07) is 6.13. The summed E-state index contributed by atoms with van der Waals surface area (Å²) >= 11 is 1.04. The van der Waals surface area contributed by atoms with Crippen molar-refractivity contribution in [2.45, 2.75) is 13.5 Å². The number of carbonyl (C=O) groups excluding carboxylic acids is 1. The summed E-state index contributed by atoms with van der Waals surface area (Å²) in [7, 11) is 0. The maximum Gasteiger partial charge on any atom is 0.343 e. The second-order valence-electron chi connectivity index (χ2n) is 3.67. The topological polar surface area (TPSA) is 65.2 Å². The van der Waals surface area contributed by atoms with Crippen LogP contribution in [0.4, 0.5) is 9.39 Å². The Balaban J connectivity index is 2.08. The van der Waals surface area contributed by atoms with Crippen LogP contribution in [0.15, 0.2) is 24.3 Å². The summed E-state index contributed by atoms with van der Waals surface area (Å²) in [5, 5.41) is 0.311. The number of nitrogen functional groups attached to an aromatic ring is 1. The molecule has 0 bridgehead atoms. The van der Waals surface area contributed by atoms with Crippen molar-refractivity contribution in [1.82, 2.24) is 4.37 Å². The van der Waals surface area contributed by atoms with Gasteiger partial charge in [0.25, 0.3) is 0 Å². The predicted octanol–water partition coefficient (Wildman–Crippen LogP) is 2.53. The largest absolute Gasteiger partial charge is 0.457 e. The molecule has 2 N–H and O–H groups in total. The van der Waals surface area contributed by atoms with Crippen molar-refractivity contribution >= 4 is 22.5 Å². The number of rotatable bonds is 3. The highest BCUT2D eigenvalue weighted by atomic mass is 32.1. The average Bonchev–Trinajstić information content (AvgIpc) is 2.68. The number of esters is 1. The third-order valence-corrected chi connectivity index (χ3v) is 3.18. The molecule has 0 fully saturated rings. The number of halogens is 1. The molecule has 0 aliphatic rings. The van der Waals surface area contributed by atoms with Gasteiger partial charge < -0.3 is 10.5 Å². The lowest BCUT2D eigenvalue weighted by atomic mass is 10.2. The SMILES string of the molecule is Cc1nsc(N)c1C(=O)OCc1ccccc1F. The summed E-state index contributed by atoms with van der Waals surface area (Å²) in [6.07, 6.45) is 0. The third kappa shape index (κ3) is 2.48. The number of nitrogens with zero attached hydrogens (tertiary/aromatic N) is 1. The number of aryl methyl sites for hydroxylation is 1. The minimum absolute atomic E-state index is 0.125. The van der Waals surface area contributed by atoms with Gasteiger partial charge in [-0.3, -0.25) is 0 Å². The number of hydrogen-bond acceptors (Lipinski definition) is 5. The van der Waals surface area contributed by atoms with Gasteiger partial charge in [0, 0.05) is 5.56 Å². The van der Waals surface area contributed by atoms with Gasteiger partial charge in [0.15, 0.2) is 0 Å². The number of aromatic nitrogens is 1. The first kappa shape index (κ1) is 12.5. The molecule has 0 amide bonds. The normalized spacial score (nSPS) is 10.3. The zero-order chi connectivity index (χ0) is 13.1. The zero-order valence-electron chi connectivity index (χ0n) is 9.64. The molecule has 0 saturated carbocycles. The van der Waals surface area contributed by atoms with Crippen molar-refractivity contribution in [3.63, 3.8) is 0 Å². The molecule has 1 aromatic heterocycles. The Bertz CT molecular complexity index is 564. The van der Waals surface area contributed by atoms with Crippen molar-refractivity contribution in [1.29, 1.82) is 0 Å². The van der Waals surface area contributed by atoms with Gasteiger partial charge in [-0.15, -0.1) is 0 Å². The van der Waals surface area contributed by atoms with E-state index in [1.165, 1.54) is 6.07 Å². The Labute approximate surface area is 107 Å². The van der Waals surface area contributed by atoms with Crippen LogP contribution >= 0.6 is 11.5 Å². The van der Waals surface area contributed by atoms with E-state index in [2.05, 4.69) is 4.37 Å². The molecular weight excluding hydrogens is 255 g/mol. The molecule has 1 aromatic carbocycles. The average molecular weight is 266 g/mol. The van der Waals surface area contributed by atoms with Crippen LogP contribution in [0.5, 0.6) is 0 Å². The smallest absolute Gasteiger partial charge is 0.343 e. The predicted molar refractivity (Wildman–Crippen MR) is 66.8 cm³/mol. The van der Waals surface area contributed by atoms with E-state index >= 15 is 0 Å². The maximum absolute atomic E-state index is 13.3. The second-order valence-corrected chi connectivity index (χ2v) is 4.48. The van der Waals surface area contributed by atoms with Crippen LogP contribution in [0, 0.1) is 12.7 Å². The first-order chi connectivity index (χ1) is 8.59. The van der Waals surface area contributed by atoms with Crippen LogP contribution in [-0.2, 0) is 11.3 Å². The van der Waals surface area contributed by atoms with E-state index in [4.69, 9.17) is 10.5 Å². The van der Waals surface area contributed by atoms with E-state index in [0.717, 1.165) is 11.5 Å². The van der Waals surface area contributed by atoms with Gasteiger partial charge in [-0.1, -0.05) is 18.2 Å². The van der Waals surface area contributed by atoms with Crippen LogP contribution in [0.3, 0.4) is 0 Å². The Morgan fingerprint density at radius 2 is 2.22 bits per heavy atom. The Morgan fingerprint density at radius 1 is 1.50 bits per heavy atom. The van der Waals surface area contributed by atoms with Crippen molar-refractivity contribution in [2.24, 2.45) is 0 Å². The molecule has 6 heteroatoms. The number of ether oxygens (including phenoxy) is 1. The second kappa shape index (κ2) is 5.14. The molecule has 2 aromatic rings. The Morgan fingerprint density at radius 3 is 2.83 bits per heavy atom.